The molecule has 5 nitrogen and oxygen atoms in total. The first-order valence-corrected chi connectivity index (χ1v) is 5.88. The standard InChI is InChI=1S/C15H14N2O3/c16-11-4-7-14(13(17)9-11)20-12-5-1-10(2-6-12)3-8-15(18)19/h1-9H,16-17H2,(H,18,19)/b8-3+. The SMILES string of the molecule is Nc1ccc(Oc2ccc(/C=C/C(=O)O)cc2)c(N)c1. The number of hydrogen-bond donors (Lipinski definition) is 3. The molecule has 5 N–H and O–H groups in total. The molecule has 0 radical (unpaired) electrons. The quantitative estimate of drug-likeness (QED) is 0.586. The molecule has 5 heteroatoms. The average molecular weight is 270 g/mol. The molecule has 2 aromatic carbocycles. The lowest BCUT2D eigenvalue weighted by Crippen LogP contribution is -1.94. The third-order valence-electron chi connectivity index (χ3n) is 2.56. The van der Waals surface area contributed by atoms with Gasteiger partial charge in [0.1, 0.15) is 11.5 Å². The highest BCUT2D eigenvalue weighted by atomic mass is 16.5. The molecule has 0 bridgehead atoms. The van der Waals surface area contributed by atoms with Crippen molar-refractivity contribution in [3.05, 3.63) is 54.1 Å². The number of carboxylic acid groups (broad SMARTS) is 1. The van der Waals surface area contributed by atoms with Gasteiger partial charge in [0.05, 0.1) is 5.69 Å². The monoisotopic (exact) mass is 270 g/mol. The summed E-state index contributed by atoms with van der Waals surface area (Å²) in [5.41, 5.74) is 13.2. The van der Waals surface area contributed by atoms with E-state index in [1.54, 1.807) is 42.5 Å². The molecule has 0 aliphatic heterocycles. The van der Waals surface area contributed by atoms with Crippen LogP contribution in [0.15, 0.2) is 48.5 Å². The van der Waals surface area contributed by atoms with Crippen molar-refractivity contribution in [2.45, 2.75) is 0 Å². The molecule has 0 aliphatic rings. The van der Waals surface area contributed by atoms with Crippen molar-refractivity contribution in [1.82, 2.24) is 0 Å². The minimum absolute atomic E-state index is 0.458. The van der Waals surface area contributed by atoms with Gasteiger partial charge in [0.2, 0.25) is 0 Å². The third-order valence-corrected chi connectivity index (χ3v) is 2.56. The predicted molar refractivity (Wildman–Crippen MR) is 78.5 cm³/mol. The number of aliphatic carboxylic acids is 1. The number of rotatable bonds is 4. The van der Waals surface area contributed by atoms with E-state index in [4.69, 9.17) is 21.3 Å². The smallest absolute Gasteiger partial charge is 0.328 e. The van der Waals surface area contributed by atoms with Crippen LogP contribution in [-0.2, 0) is 4.79 Å². The Morgan fingerprint density at radius 1 is 1.10 bits per heavy atom. The highest BCUT2D eigenvalue weighted by molar-refractivity contribution is 5.85. The van der Waals surface area contributed by atoms with Crippen LogP contribution in [0.1, 0.15) is 5.56 Å². The first-order chi connectivity index (χ1) is 9.54. The van der Waals surface area contributed by atoms with Crippen LogP contribution in [0.5, 0.6) is 11.5 Å². The Kier molecular flexibility index (Phi) is 3.91. The van der Waals surface area contributed by atoms with Crippen LogP contribution in [0, 0.1) is 0 Å². The summed E-state index contributed by atoms with van der Waals surface area (Å²) in [6.07, 6.45) is 2.58. The Morgan fingerprint density at radius 3 is 2.40 bits per heavy atom. The Hall–Kier alpha value is -2.95. The van der Waals surface area contributed by atoms with Gasteiger partial charge in [0.15, 0.2) is 0 Å². The van der Waals surface area contributed by atoms with Gasteiger partial charge in [-0.2, -0.15) is 0 Å². The number of anilines is 2. The summed E-state index contributed by atoms with van der Waals surface area (Å²) in [6, 6.07) is 12.0. The van der Waals surface area contributed by atoms with Crippen molar-refractivity contribution in [3.8, 4) is 11.5 Å². The van der Waals surface area contributed by atoms with E-state index >= 15 is 0 Å². The van der Waals surface area contributed by atoms with E-state index < -0.39 is 5.97 Å². The Balaban J connectivity index is 2.12. The number of nitrogen functional groups attached to an aromatic ring is 2. The lowest BCUT2D eigenvalue weighted by molar-refractivity contribution is -0.131. The Morgan fingerprint density at radius 2 is 1.80 bits per heavy atom. The fourth-order valence-electron chi connectivity index (χ4n) is 1.60. The van der Waals surface area contributed by atoms with E-state index in [-0.39, 0.29) is 0 Å². The molecule has 0 amide bonds. The van der Waals surface area contributed by atoms with Gasteiger partial charge >= 0.3 is 5.97 Å². The molecule has 20 heavy (non-hydrogen) atoms. The number of nitrogens with two attached hydrogens (primary N) is 2. The molecule has 0 aromatic heterocycles. The molecular formula is C15H14N2O3. The Labute approximate surface area is 116 Å². The lowest BCUT2D eigenvalue weighted by Gasteiger charge is -2.09. The van der Waals surface area contributed by atoms with Crippen molar-refractivity contribution in [2.75, 3.05) is 11.5 Å². The minimum Gasteiger partial charge on any atom is -0.478 e. The normalized spacial score (nSPS) is 10.6. The zero-order valence-corrected chi connectivity index (χ0v) is 10.6. The molecule has 0 saturated carbocycles. The Bertz CT molecular complexity index is 649. The average Bonchev–Trinajstić information content (AvgIpc) is 2.41. The van der Waals surface area contributed by atoms with Crippen LogP contribution < -0.4 is 16.2 Å². The van der Waals surface area contributed by atoms with Crippen molar-refractivity contribution in [3.63, 3.8) is 0 Å². The highest BCUT2D eigenvalue weighted by Crippen LogP contribution is 2.29. The molecule has 0 fully saturated rings. The summed E-state index contributed by atoms with van der Waals surface area (Å²) < 4.78 is 5.62. The van der Waals surface area contributed by atoms with Crippen LogP contribution >= 0.6 is 0 Å². The predicted octanol–water partition coefficient (Wildman–Crippen LogP) is 2.74. The summed E-state index contributed by atoms with van der Waals surface area (Å²) >= 11 is 0. The third kappa shape index (κ3) is 3.52. The molecule has 2 rings (SSSR count). The fourth-order valence-corrected chi connectivity index (χ4v) is 1.60. The maximum atomic E-state index is 10.4. The van der Waals surface area contributed by atoms with Crippen molar-refractivity contribution in [1.29, 1.82) is 0 Å². The van der Waals surface area contributed by atoms with Crippen molar-refractivity contribution >= 4 is 23.4 Å². The molecular weight excluding hydrogens is 256 g/mol. The van der Waals surface area contributed by atoms with Gasteiger partial charge in [-0.1, -0.05) is 12.1 Å². The highest BCUT2D eigenvalue weighted by Gasteiger charge is 2.02. The summed E-state index contributed by atoms with van der Waals surface area (Å²) in [5.74, 6) is 0.141. The van der Waals surface area contributed by atoms with Gasteiger partial charge in [-0.3, -0.25) is 0 Å². The second kappa shape index (κ2) is 5.79. The van der Waals surface area contributed by atoms with Gasteiger partial charge in [-0.25, -0.2) is 4.79 Å². The first-order valence-electron chi connectivity index (χ1n) is 5.88. The van der Waals surface area contributed by atoms with Gasteiger partial charge in [0, 0.05) is 11.8 Å². The zero-order chi connectivity index (χ0) is 14.5. The van der Waals surface area contributed by atoms with Crippen LogP contribution in [-0.4, -0.2) is 11.1 Å². The number of hydrogen-bond acceptors (Lipinski definition) is 4. The number of benzene rings is 2. The molecule has 0 unspecified atom stereocenters. The van der Waals surface area contributed by atoms with Crippen LogP contribution in [0.25, 0.3) is 6.08 Å². The molecule has 0 aliphatic carbocycles. The van der Waals surface area contributed by atoms with Crippen molar-refractivity contribution < 1.29 is 14.6 Å². The van der Waals surface area contributed by atoms with E-state index in [0.717, 1.165) is 11.6 Å². The first kappa shape index (κ1) is 13.5. The van der Waals surface area contributed by atoms with E-state index in [0.29, 0.717) is 22.9 Å². The van der Waals surface area contributed by atoms with Crippen molar-refractivity contribution in [2.24, 2.45) is 0 Å². The maximum Gasteiger partial charge on any atom is 0.328 e. The zero-order valence-electron chi connectivity index (χ0n) is 10.6. The number of ether oxygens (including phenoxy) is 1. The second-order valence-electron chi connectivity index (χ2n) is 4.14. The van der Waals surface area contributed by atoms with Gasteiger partial charge in [-0.15, -0.1) is 0 Å². The molecule has 0 atom stereocenters. The lowest BCUT2D eigenvalue weighted by atomic mass is 10.2. The van der Waals surface area contributed by atoms with Gasteiger partial charge in [-0.05, 0) is 42.0 Å². The van der Waals surface area contributed by atoms with Gasteiger partial charge in [0.25, 0.3) is 0 Å². The summed E-state index contributed by atoms with van der Waals surface area (Å²) in [7, 11) is 0. The summed E-state index contributed by atoms with van der Waals surface area (Å²) in [6.45, 7) is 0. The van der Waals surface area contributed by atoms with E-state index in [9.17, 15) is 4.79 Å². The van der Waals surface area contributed by atoms with Crippen LogP contribution in [0.4, 0.5) is 11.4 Å². The molecule has 0 heterocycles. The van der Waals surface area contributed by atoms with Gasteiger partial charge < -0.3 is 21.3 Å². The maximum absolute atomic E-state index is 10.4. The second-order valence-corrected chi connectivity index (χ2v) is 4.14. The summed E-state index contributed by atoms with van der Waals surface area (Å²) in [5, 5.41) is 8.54. The van der Waals surface area contributed by atoms with Crippen LogP contribution in [0.3, 0.4) is 0 Å². The number of carbonyl (C=O) groups is 1. The molecule has 0 spiro atoms. The molecule has 102 valence electrons. The topological polar surface area (TPSA) is 98.6 Å². The van der Waals surface area contributed by atoms with E-state index in [1.807, 2.05) is 0 Å². The molecule has 0 saturated heterocycles. The largest absolute Gasteiger partial charge is 0.478 e. The van der Waals surface area contributed by atoms with E-state index in [1.165, 1.54) is 6.08 Å². The fraction of sp³-hybridized carbons (Fsp3) is 0. The summed E-state index contributed by atoms with van der Waals surface area (Å²) in [4.78, 5) is 10.4. The van der Waals surface area contributed by atoms with E-state index in [2.05, 4.69) is 0 Å². The minimum atomic E-state index is -0.986. The number of carboxylic acids is 1. The van der Waals surface area contributed by atoms with Crippen LogP contribution in [0.2, 0.25) is 0 Å². The molecule has 2 aromatic rings.